The Morgan fingerprint density at radius 1 is 1.50 bits per heavy atom. The van der Waals surface area contributed by atoms with Gasteiger partial charge in [0.05, 0.1) is 12.2 Å². The van der Waals surface area contributed by atoms with Gasteiger partial charge in [0.2, 0.25) is 5.91 Å². The maximum absolute atomic E-state index is 11.5. The van der Waals surface area contributed by atoms with Crippen molar-refractivity contribution < 1.29 is 9.53 Å². The van der Waals surface area contributed by atoms with Crippen LogP contribution in [0.5, 0.6) is 5.75 Å². The van der Waals surface area contributed by atoms with Crippen LogP contribution < -0.4 is 9.64 Å². The first-order chi connectivity index (χ1) is 6.83. The van der Waals surface area contributed by atoms with E-state index in [1.807, 2.05) is 24.3 Å². The Morgan fingerprint density at radius 3 is 3.07 bits per heavy atom. The number of fused-ring (bicyclic) bond motifs is 1. The van der Waals surface area contributed by atoms with Crippen LogP contribution in [0.15, 0.2) is 24.3 Å². The molecule has 0 aliphatic carbocycles. The minimum Gasteiger partial charge on any atom is -0.490 e. The predicted molar refractivity (Wildman–Crippen MR) is 55.0 cm³/mol. The van der Waals surface area contributed by atoms with Crippen molar-refractivity contribution >= 4 is 23.2 Å². The van der Waals surface area contributed by atoms with Crippen LogP contribution in [0.1, 0.15) is 0 Å². The quantitative estimate of drug-likeness (QED) is 0.662. The number of carbonyl (C=O) groups is 1. The second kappa shape index (κ2) is 3.88. The van der Waals surface area contributed by atoms with Crippen molar-refractivity contribution in [2.75, 3.05) is 23.9 Å². The van der Waals surface area contributed by atoms with Gasteiger partial charge in [-0.2, -0.15) is 0 Å². The maximum Gasteiger partial charge on any atom is 0.242 e. The van der Waals surface area contributed by atoms with Crippen molar-refractivity contribution in [2.24, 2.45) is 0 Å². The fraction of sp³-hybridized carbons (Fsp3) is 0.300. The van der Waals surface area contributed by atoms with Crippen molar-refractivity contribution in [3.8, 4) is 5.75 Å². The number of nitrogens with zero attached hydrogens (tertiary/aromatic N) is 1. The van der Waals surface area contributed by atoms with Crippen molar-refractivity contribution in [3.05, 3.63) is 24.3 Å². The smallest absolute Gasteiger partial charge is 0.242 e. The summed E-state index contributed by atoms with van der Waals surface area (Å²) in [5, 5.41) is 0. The van der Waals surface area contributed by atoms with Crippen molar-refractivity contribution in [1.82, 2.24) is 0 Å². The van der Waals surface area contributed by atoms with Gasteiger partial charge in [0.1, 0.15) is 18.2 Å². The molecule has 14 heavy (non-hydrogen) atoms. The van der Waals surface area contributed by atoms with Gasteiger partial charge in [-0.3, -0.25) is 4.79 Å². The molecule has 0 N–H and O–H groups in total. The fourth-order valence-electron chi connectivity index (χ4n) is 1.50. The fourth-order valence-corrected chi connectivity index (χ4v) is 1.65. The maximum atomic E-state index is 11.5. The Bertz CT molecular complexity index is 354. The Kier molecular flexibility index (Phi) is 2.59. The molecule has 1 amide bonds. The SMILES string of the molecule is O=C(CCl)N1CCOc2ccccc21. The summed E-state index contributed by atoms with van der Waals surface area (Å²) in [6, 6.07) is 7.47. The number of alkyl halides is 1. The van der Waals surface area contributed by atoms with E-state index in [1.54, 1.807) is 4.90 Å². The molecular formula is C10H10ClNO2. The third-order valence-electron chi connectivity index (χ3n) is 2.14. The summed E-state index contributed by atoms with van der Waals surface area (Å²) in [5.41, 5.74) is 0.810. The van der Waals surface area contributed by atoms with Crippen LogP contribution >= 0.6 is 11.6 Å². The average molecular weight is 212 g/mol. The Labute approximate surface area is 87.2 Å². The number of amides is 1. The van der Waals surface area contributed by atoms with E-state index < -0.39 is 0 Å². The van der Waals surface area contributed by atoms with Crippen LogP contribution in [0.3, 0.4) is 0 Å². The first kappa shape index (κ1) is 9.34. The molecule has 0 bridgehead atoms. The molecule has 0 radical (unpaired) electrons. The highest BCUT2D eigenvalue weighted by atomic mass is 35.5. The molecule has 0 spiro atoms. The number of halogens is 1. The molecule has 4 heteroatoms. The topological polar surface area (TPSA) is 29.5 Å². The van der Waals surface area contributed by atoms with Crippen LogP contribution in [-0.4, -0.2) is 24.9 Å². The van der Waals surface area contributed by atoms with E-state index in [2.05, 4.69) is 0 Å². The Hall–Kier alpha value is -1.22. The molecule has 1 heterocycles. The summed E-state index contributed by atoms with van der Waals surface area (Å²) in [6.45, 7) is 1.10. The molecule has 3 nitrogen and oxygen atoms in total. The van der Waals surface area contributed by atoms with Crippen molar-refractivity contribution in [1.29, 1.82) is 0 Å². The van der Waals surface area contributed by atoms with Gasteiger partial charge in [-0.1, -0.05) is 12.1 Å². The zero-order valence-corrected chi connectivity index (χ0v) is 8.33. The second-order valence-corrected chi connectivity index (χ2v) is 3.26. The van der Waals surface area contributed by atoms with Crippen LogP contribution in [0.4, 0.5) is 5.69 Å². The molecule has 0 fully saturated rings. The molecule has 0 aromatic heterocycles. The molecule has 1 aliphatic rings. The van der Waals surface area contributed by atoms with Crippen LogP contribution in [0, 0.1) is 0 Å². The summed E-state index contributed by atoms with van der Waals surface area (Å²) in [4.78, 5) is 13.1. The number of hydrogen-bond acceptors (Lipinski definition) is 2. The van der Waals surface area contributed by atoms with Gasteiger partial charge in [0, 0.05) is 0 Å². The van der Waals surface area contributed by atoms with Gasteiger partial charge < -0.3 is 9.64 Å². The highest BCUT2D eigenvalue weighted by Gasteiger charge is 2.21. The van der Waals surface area contributed by atoms with Gasteiger partial charge in [-0.05, 0) is 12.1 Å². The van der Waals surface area contributed by atoms with Gasteiger partial charge in [0.25, 0.3) is 0 Å². The third-order valence-corrected chi connectivity index (χ3v) is 2.37. The molecule has 1 aromatic carbocycles. The van der Waals surface area contributed by atoms with E-state index in [1.165, 1.54) is 0 Å². The molecule has 1 aliphatic heterocycles. The van der Waals surface area contributed by atoms with E-state index in [0.717, 1.165) is 11.4 Å². The van der Waals surface area contributed by atoms with Crippen LogP contribution in [0.25, 0.3) is 0 Å². The Morgan fingerprint density at radius 2 is 2.29 bits per heavy atom. The number of carbonyl (C=O) groups excluding carboxylic acids is 1. The van der Waals surface area contributed by atoms with Crippen molar-refractivity contribution in [2.45, 2.75) is 0 Å². The zero-order valence-electron chi connectivity index (χ0n) is 7.57. The summed E-state index contributed by atoms with van der Waals surface area (Å²) in [7, 11) is 0. The summed E-state index contributed by atoms with van der Waals surface area (Å²) >= 11 is 5.52. The summed E-state index contributed by atoms with van der Waals surface area (Å²) < 4.78 is 5.41. The molecule has 1 aromatic rings. The number of benzene rings is 1. The third kappa shape index (κ3) is 1.55. The lowest BCUT2D eigenvalue weighted by atomic mass is 10.2. The standard InChI is InChI=1S/C10H10ClNO2/c11-7-10(13)12-5-6-14-9-4-2-1-3-8(9)12/h1-4H,5-7H2. The lowest BCUT2D eigenvalue weighted by Crippen LogP contribution is -2.38. The number of rotatable bonds is 1. The van der Waals surface area contributed by atoms with Crippen LogP contribution in [-0.2, 0) is 4.79 Å². The summed E-state index contributed by atoms with van der Waals surface area (Å²) in [6.07, 6.45) is 0. The normalized spacial score (nSPS) is 14.5. The van der Waals surface area contributed by atoms with Crippen molar-refractivity contribution in [3.63, 3.8) is 0 Å². The second-order valence-electron chi connectivity index (χ2n) is 3.00. The predicted octanol–water partition coefficient (Wildman–Crippen LogP) is 1.65. The molecular weight excluding hydrogens is 202 g/mol. The highest BCUT2D eigenvalue weighted by Crippen LogP contribution is 2.30. The molecule has 0 unspecified atom stereocenters. The number of para-hydroxylation sites is 2. The van der Waals surface area contributed by atoms with E-state index in [9.17, 15) is 4.79 Å². The highest BCUT2D eigenvalue weighted by molar-refractivity contribution is 6.29. The minimum absolute atomic E-state index is 0.00827. The largest absolute Gasteiger partial charge is 0.490 e. The van der Waals surface area contributed by atoms with Gasteiger partial charge in [-0.15, -0.1) is 11.6 Å². The van der Waals surface area contributed by atoms with E-state index in [0.29, 0.717) is 13.2 Å². The molecule has 0 saturated heterocycles. The number of hydrogen-bond donors (Lipinski definition) is 0. The lowest BCUT2D eigenvalue weighted by Gasteiger charge is -2.28. The van der Waals surface area contributed by atoms with E-state index in [4.69, 9.17) is 16.3 Å². The number of anilines is 1. The first-order valence-corrected chi connectivity index (χ1v) is 4.94. The average Bonchev–Trinajstić information content (AvgIpc) is 2.27. The Balaban J connectivity index is 2.35. The minimum atomic E-state index is -0.0811. The first-order valence-electron chi connectivity index (χ1n) is 4.41. The molecule has 0 atom stereocenters. The van der Waals surface area contributed by atoms with Gasteiger partial charge in [0.15, 0.2) is 0 Å². The van der Waals surface area contributed by atoms with E-state index in [-0.39, 0.29) is 11.8 Å². The molecule has 74 valence electrons. The van der Waals surface area contributed by atoms with E-state index >= 15 is 0 Å². The lowest BCUT2D eigenvalue weighted by molar-refractivity contribution is -0.116. The number of ether oxygens (including phenoxy) is 1. The monoisotopic (exact) mass is 211 g/mol. The molecule has 2 rings (SSSR count). The zero-order chi connectivity index (χ0) is 9.97. The van der Waals surface area contributed by atoms with Crippen LogP contribution in [0.2, 0.25) is 0 Å². The van der Waals surface area contributed by atoms with Gasteiger partial charge in [-0.25, -0.2) is 0 Å². The molecule has 0 saturated carbocycles. The van der Waals surface area contributed by atoms with Gasteiger partial charge >= 0.3 is 0 Å². The summed E-state index contributed by atoms with van der Waals surface area (Å²) in [5.74, 6) is 0.675.